The van der Waals surface area contributed by atoms with Gasteiger partial charge in [0, 0.05) is 18.2 Å². The topological polar surface area (TPSA) is 38.7 Å². The van der Waals surface area contributed by atoms with Crippen molar-refractivity contribution in [1.29, 1.82) is 0 Å². The molecule has 0 aliphatic heterocycles. The third-order valence-corrected chi connectivity index (χ3v) is 5.59. The molecule has 3 heteroatoms. The smallest absolute Gasteiger partial charge is 0.134 e. The highest BCUT2D eigenvalue weighted by Crippen LogP contribution is 2.30. The van der Waals surface area contributed by atoms with Crippen LogP contribution in [0.2, 0.25) is 0 Å². The van der Waals surface area contributed by atoms with Crippen LogP contribution < -0.4 is 0 Å². The Morgan fingerprint density at radius 2 is 1.52 bits per heavy atom. The number of hydrogen-bond acceptors (Lipinski definition) is 3. The molecule has 0 bridgehead atoms. The fraction of sp³-hybridized carbons (Fsp3) is 0.107. The molecule has 0 unspecified atom stereocenters. The van der Waals surface area contributed by atoms with Crippen LogP contribution in [0.4, 0.5) is 0 Å². The Morgan fingerprint density at radius 1 is 0.710 bits per heavy atom. The van der Waals surface area contributed by atoms with E-state index >= 15 is 0 Å². The Morgan fingerprint density at radius 3 is 2.35 bits per heavy atom. The van der Waals surface area contributed by atoms with Gasteiger partial charge in [-0.3, -0.25) is 4.98 Å². The largest absolute Gasteiger partial charge is 0.252 e. The molecular weight excluding hydrogens is 378 g/mol. The molecule has 0 fully saturated rings. The quantitative estimate of drug-likeness (QED) is 0.342. The highest BCUT2D eigenvalue weighted by Gasteiger charge is 2.14. The monoisotopic (exact) mass is 401 g/mol. The Balaban J connectivity index is 1.63. The van der Waals surface area contributed by atoms with E-state index < -0.39 is 0 Å². The number of benzene rings is 3. The Kier molecular flexibility index (Phi) is 5.01. The summed E-state index contributed by atoms with van der Waals surface area (Å²) in [5.41, 5.74) is 9.90. The van der Waals surface area contributed by atoms with Crippen molar-refractivity contribution in [2.45, 2.75) is 20.3 Å². The molecule has 0 saturated carbocycles. The van der Waals surface area contributed by atoms with Crippen LogP contribution in [0.25, 0.3) is 33.4 Å². The maximum absolute atomic E-state index is 4.96. The van der Waals surface area contributed by atoms with E-state index in [0.29, 0.717) is 6.42 Å². The van der Waals surface area contributed by atoms with Gasteiger partial charge in [-0.15, -0.1) is 0 Å². The van der Waals surface area contributed by atoms with Crippen LogP contribution in [-0.2, 0) is 6.42 Å². The van der Waals surface area contributed by atoms with E-state index in [1.54, 1.807) is 6.20 Å². The molecule has 0 amide bonds. The van der Waals surface area contributed by atoms with Crippen LogP contribution in [0.5, 0.6) is 0 Å². The van der Waals surface area contributed by atoms with E-state index in [2.05, 4.69) is 73.4 Å². The number of fused-ring (bicyclic) bond motifs is 1. The first kappa shape index (κ1) is 19.1. The molecule has 0 aliphatic rings. The minimum Gasteiger partial charge on any atom is -0.252 e. The van der Waals surface area contributed by atoms with Gasteiger partial charge < -0.3 is 0 Å². The molecule has 31 heavy (non-hydrogen) atoms. The third kappa shape index (κ3) is 3.82. The molecule has 0 N–H and O–H groups in total. The zero-order valence-corrected chi connectivity index (χ0v) is 17.7. The Labute approximate surface area is 182 Å². The lowest BCUT2D eigenvalue weighted by Gasteiger charge is -2.13. The molecule has 2 aromatic heterocycles. The fourth-order valence-corrected chi connectivity index (χ4v) is 4.12. The lowest BCUT2D eigenvalue weighted by molar-refractivity contribution is 0.993. The number of nitrogens with zero attached hydrogens (tertiary/aromatic N) is 3. The normalized spacial score (nSPS) is 11.0. The van der Waals surface area contributed by atoms with Gasteiger partial charge in [-0.1, -0.05) is 78.4 Å². The lowest BCUT2D eigenvalue weighted by Crippen LogP contribution is -2.02. The molecule has 0 atom stereocenters. The van der Waals surface area contributed by atoms with Crippen molar-refractivity contribution < 1.29 is 0 Å². The Hall–Kier alpha value is -3.85. The predicted octanol–water partition coefficient (Wildman–Crippen LogP) is 6.57. The average molecular weight is 402 g/mol. The molecule has 0 radical (unpaired) electrons. The second kappa shape index (κ2) is 8.11. The summed E-state index contributed by atoms with van der Waals surface area (Å²) in [6.45, 7) is 4.30. The maximum atomic E-state index is 4.96. The molecule has 5 aromatic rings. The van der Waals surface area contributed by atoms with Gasteiger partial charge in [0.25, 0.3) is 0 Å². The van der Waals surface area contributed by atoms with Gasteiger partial charge in [0.1, 0.15) is 17.0 Å². The molecule has 3 nitrogen and oxygen atoms in total. The minimum absolute atomic E-state index is 0.661. The SMILES string of the molecule is Cc1ccc(-c2ccccc2Cc2nc(-c3ccccc3)c3ncccc3n2)c(C)c1. The molecule has 3 aromatic carbocycles. The van der Waals surface area contributed by atoms with Crippen LogP contribution in [-0.4, -0.2) is 15.0 Å². The van der Waals surface area contributed by atoms with Gasteiger partial charge in [-0.05, 0) is 48.2 Å². The summed E-state index contributed by atoms with van der Waals surface area (Å²) in [6.07, 6.45) is 2.46. The molecule has 2 heterocycles. The molecule has 0 spiro atoms. The van der Waals surface area contributed by atoms with Gasteiger partial charge in [0.15, 0.2) is 0 Å². The molecule has 5 rings (SSSR count). The van der Waals surface area contributed by atoms with E-state index in [4.69, 9.17) is 9.97 Å². The number of rotatable bonds is 4. The molecule has 0 saturated heterocycles. The molecule has 150 valence electrons. The van der Waals surface area contributed by atoms with Crippen LogP contribution in [0.1, 0.15) is 22.5 Å². The first-order chi connectivity index (χ1) is 15.2. The van der Waals surface area contributed by atoms with Crippen molar-refractivity contribution in [3.8, 4) is 22.4 Å². The number of pyridine rings is 1. The summed E-state index contributed by atoms with van der Waals surface area (Å²) in [4.78, 5) is 14.4. The van der Waals surface area contributed by atoms with Crippen LogP contribution >= 0.6 is 0 Å². The van der Waals surface area contributed by atoms with Crippen LogP contribution in [0, 0.1) is 13.8 Å². The van der Waals surface area contributed by atoms with Crippen molar-refractivity contribution >= 4 is 11.0 Å². The minimum atomic E-state index is 0.661. The van der Waals surface area contributed by atoms with Crippen molar-refractivity contribution in [1.82, 2.24) is 15.0 Å². The summed E-state index contributed by atoms with van der Waals surface area (Å²) in [5, 5.41) is 0. The zero-order valence-electron chi connectivity index (χ0n) is 17.7. The highest BCUT2D eigenvalue weighted by molar-refractivity contribution is 5.88. The first-order valence-corrected chi connectivity index (χ1v) is 10.5. The third-order valence-electron chi connectivity index (χ3n) is 5.59. The van der Waals surface area contributed by atoms with E-state index in [0.717, 1.165) is 28.1 Å². The van der Waals surface area contributed by atoms with E-state index in [9.17, 15) is 0 Å². The lowest BCUT2D eigenvalue weighted by atomic mass is 9.93. The summed E-state index contributed by atoms with van der Waals surface area (Å²) in [7, 11) is 0. The maximum Gasteiger partial charge on any atom is 0.134 e. The van der Waals surface area contributed by atoms with Crippen molar-refractivity contribution in [3.05, 3.63) is 114 Å². The summed E-state index contributed by atoms with van der Waals surface area (Å²) in [5.74, 6) is 0.802. The van der Waals surface area contributed by atoms with E-state index in [1.165, 1.54) is 27.8 Å². The van der Waals surface area contributed by atoms with Crippen molar-refractivity contribution in [2.24, 2.45) is 0 Å². The fourth-order valence-electron chi connectivity index (χ4n) is 4.12. The van der Waals surface area contributed by atoms with E-state index in [1.807, 2.05) is 30.3 Å². The highest BCUT2D eigenvalue weighted by atomic mass is 14.9. The summed E-state index contributed by atoms with van der Waals surface area (Å²) < 4.78 is 0. The second-order valence-electron chi connectivity index (χ2n) is 7.88. The zero-order chi connectivity index (χ0) is 21.2. The van der Waals surface area contributed by atoms with E-state index in [-0.39, 0.29) is 0 Å². The van der Waals surface area contributed by atoms with Crippen molar-refractivity contribution in [2.75, 3.05) is 0 Å². The number of aryl methyl sites for hydroxylation is 2. The van der Waals surface area contributed by atoms with Gasteiger partial charge in [0.05, 0.1) is 5.52 Å². The summed E-state index contributed by atoms with van der Waals surface area (Å²) >= 11 is 0. The Bertz CT molecular complexity index is 1370. The van der Waals surface area contributed by atoms with Gasteiger partial charge in [-0.2, -0.15) is 0 Å². The van der Waals surface area contributed by atoms with Gasteiger partial charge in [-0.25, -0.2) is 9.97 Å². The van der Waals surface area contributed by atoms with Crippen molar-refractivity contribution in [3.63, 3.8) is 0 Å². The number of hydrogen-bond donors (Lipinski definition) is 0. The van der Waals surface area contributed by atoms with Gasteiger partial charge >= 0.3 is 0 Å². The van der Waals surface area contributed by atoms with Crippen LogP contribution in [0.15, 0.2) is 91.1 Å². The summed E-state index contributed by atoms with van der Waals surface area (Å²) in [6, 6.07) is 29.3. The molecule has 0 aliphatic carbocycles. The second-order valence-corrected chi connectivity index (χ2v) is 7.88. The first-order valence-electron chi connectivity index (χ1n) is 10.5. The average Bonchev–Trinajstić information content (AvgIpc) is 2.80. The molecular formula is C28H23N3. The predicted molar refractivity (Wildman–Crippen MR) is 127 cm³/mol. The van der Waals surface area contributed by atoms with Gasteiger partial charge in [0.2, 0.25) is 0 Å². The van der Waals surface area contributed by atoms with Crippen LogP contribution in [0.3, 0.4) is 0 Å². The standard InChI is InChI=1S/C28H23N3/c1-19-14-15-23(20(2)17-19)24-12-7-6-11-22(24)18-26-30-25-13-8-16-29-28(25)27(31-26)21-9-4-3-5-10-21/h3-17H,18H2,1-2H3. The number of aromatic nitrogens is 3.